The van der Waals surface area contributed by atoms with E-state index in [2.05, 4.69) is 17.6 Å². The molecule has 1 heterocycles. The van der Waals surface area contributed by atoms with Crippen molar-refractivity contribution in [2.24, 2.45) is 5.84 Å². The highest BCUT2D eigenvalue weighted by Crippen LogP contribution is 2.09. The predicted molar refractivity (Wildman–Crippen MR) is 63.7 cm³/mol. The molecule has 2 aromatic rings. The number of hydrogen-bond donors (Lipinski definition) is 2. The molecule has 0 saturated carbocycles. The van der Waals surface area contributed by atoms with Gasteiger partial charge < -0.3 is 4.42 Å². The molecule has 0 fully saturated rings. The van der Waals surface area contributed by atoms with Crippen LogP contribution in [0.2, 0.25) is 0 Å². The number of nitrogens with one attached hydrogen (secondary N) is 1. The SMILES string of the molecule is NNC(Cc1ccccc1)Cc1ccoc1. The summed E-state index contributed by atoms with van der Waals surface area (Å²) in [6.07, 6.45) is 5.24. The second-order valence-electron chi connectivity index (χ2n) is 3.89. The van der Waals surface area contributed by atoms with Crippen molar-refractivity contribution in [3.8, 4) is 0 Å². The number of hydrogen-bond acceptors (Lipinski definition) is 3. The number of hydrazine groups is 1. The molecule has 0 saturated heterocycles. The molecule has 1 unspecified atom stereocenters. The van der Waals surface area contributed by atoms with Crippen LogP contribution in [0.25, 0.3) is 0 Å². The second kappa shape index (κ2) is 5.49. The third kappa shape index (κ3) is 2.95. The van der Waals surface area contributed by atoms with E-state index in [1.807, 2.05) is 24.3 Å². The molecule has 0 amide bonds. The lowest BCUT2D eigenvalue weighted by Crippen LogP contribution is -2.38. The van der Waals surface area contributed by atoms with Gasteiger partial charge in [-0.05, 0) is 30.0 Å². The monoisotopic (exact) mass is 216 g/mol. The van der Waals surface area contributed by atoms with Crippen molar-refractivity contribution in [3.63, 3.8) is 0 Å². The second-order valence-corrected chi connectivity index (χ2v) is 3.89. The van der Waals surface area contributed by atoms with Crippen LogP contribution >= 0.6 is 0 Å². The van der Waals surface area contributed by atoms with Gasteiger partial charge in [0.25, 0.3) is 0 Å². The van der Waals surface area contributed by atoms with Crippen molar-refractivity contribution in [1.29, 1.82) is 0 Å². The first-order chi connectivity index (χ1) is 7.88. The molecule has 2 rings (SSSR count). The van der Waals surface area contributed by atoms with Crippen molar-refractivity contribution in [1.82, 2.24) is 5.43 Å². The van der Waals surface area contributed by atoms with E-state index in [1.54, 1.807) is 12.5 Å². The van der Waals surface area contributed by atoms with Crippen LogP contribution in [0.4, 0.5) is 0 Å². The predicted octanol–water partition coefficient (Wildman–Crippen LogP) is 1.90. The van der Waals surface area contributed by atoms with Crippen molar-refractivity contribution >= 4 is 0 Å². The summed E-state index contributed by atoms with van der Waals surface area (Å²) in [7, 11) is 0. The van der Waals surface area contributed by atoms with E-state index in [0.29, 0.717) is 0 Å². The molecule has 3 nitrogen and oxygen atoms in total. The van der Waals surface area contributed by atoms with Gasteiger partial charge in [0.15, 0.2) is 0 Å². The maximum atomic E-state index is 5.56. The fraction of sp³-hybridized carbons (Fsp3) is 0.231. The minimum absolute atomic E-state index is 0.236. The standard InChI is InChI=1S/C13H16N2O/c14-15-13(9-12-6-7-16-10-12)8-11-4-2-1-3-5-11/h1-7,10,13,15H,8-9,14H2. The van der Waals surface area contributed by atoms with Gasteiger partial charge in [0, 0.05) is 6.04 Å². The van der Waals surface area contributed by atoms with Crippen molar-refractivity contribution in [2.75, 3.05) is 0 Å². The average Bonchev–Trinajstić information content (AvgIpc) is 2.82. The Bertz CT molecular complexity index is 397. The van der Waals surface area contributed by atoms with Gasteiger partial charge in [0.1, 0.15) is 0 Å². The largest absolute Gasteiger partial charge is 0.472 e. The Labute approximate surface area is 95.2 Å². The zero-order valence-corrected chi connectivity index (χ0v) is 9.10. The molecule has 3 N–H and O–H groups in total. The van der Waals surface area contributed by atoms with E-state index in [4.69, 9.17) is 10.3 Å². The highest BCUT2D eigenvalue weighted by molar-refractivity contribution is 5.17. The van der Waals surface area contributed by atoms with Crippen LogP contribution in [-0.2, 0) is 12.8 Å². The van der Waals surface area contributed by atoms with Crippen LogP contribution in [0.15, 0.2) is 53.3 Å². The lowest BCUT2D eigenvalue weighted by Gasteiger charge is -2.14. The van der Waals surface area contributed by atoms with Gasteiger partial charge in [0.05, 0.1) is 12.5 Å². The summed E-state index contributed by atoms with van der Waals surface area (Å²) < 4.78 is 5.04. The molecule has 1 atom stereocenters. The lowest BCUT2D eigenvalue weighted by atomic mass is 10.0. The zero-order chi connectivity index (χ0) is 11.2. The number of benzene rings is 1. The van der Waals surface area contributed by atoms with Crippen LogP contribution in [0.1, 0.15) is 11.1 Å². The quantitative estimate of drug-likeness (QED) is 0.593. The van der Waals surface area contributed by atoms with Crippen LogP contribution < -0.4 is 11.3 Å². The Morgan fingerprint density at radius 3 is 2.44 bits per heavy atom. The molecule has 0 radical (unpaired) electrons. The lowest BCUT2D eigenvalue weighted by molar-refractivity contribution is 0.514. The molecule has 0 aliphatic heterocycles. The van der Waals surface area contributed by atoms with E-state index in [0.717, 1.165) is 12.8 Å². The van der Waals surface area contributed by atoms with Gasteiger partial charge in [-0.3, -0.25) is 11.3 Å². The first-order valence-electron chi connectivity index (χ1n) is 5.39. The average molecular weight is 216 g/mol. The van der Waals surface area contributed by atoms with E-state index < -0.39 is 0 Å². The topological polar surface area (TPSA) is 51.2 Å². The summed E-state index contributed by atoms with van der Waals surface area (Å²) >= 11 is 0. The zero-order valence-electron chi connectivity index (χ0n) is 9.10. The first-order valence-corrected chi connectivity index (χ1v) is 5.39. The van der Waals surface area contributed by atoms with Crippen LogP contribution in [0.3, 0.4) is 0 Å². The highest BCUT2D eigenvalue weighted by atomic mass is 16.3. The third-order valence-electron chi connectivity index (χ3n) is 2.62. The van der Waals surface area contributed by atoms with E-state index in [-0.39, 0.29) is 6.04 Å². The maximum absolute atomic E-state index is 5.56. The van der Waals surface area contributed by atoms with E-state index >= 15 is 0 Å². The summed E-state index contributed by atoms with van der Waals surface area (Å²) in [6, 6.07) is 12.5. The van der Waals surface area contributed by atoms with Gasteiger partial charge in [-0.25, -0.2) is 0 Å². The Morgan fingerprint density at radius 1 is 1.06 bits per heavy atom. The van der Waals surface area contributed by atoms with Gasteiger partial charge in [-0.1, -0.05) is 30.3 Å². The fourth-order valence-electron chi connectivity index (χ4n) is 1.78. The van der Waals surface area contributed by atoms with Crippen molar-refractivity contribution in [2.45, 2.75) is 18.9 Å². The molecule has 0 aliphatic rings. The summed E-state index contributed by atoms with van der Waals surface area (Å²) in [5.74, 6) is 5.56. The molecule has 3 heteroatoms. The first kappa shape index (κ1) is 10.9. The van der Waals surface area contributed by atoms with Crippen molar-refractivity contribution in [3.05, 3.63) is 60.1 Å². The molecule has 0 aliphatic carbocycles. The maximum Gasteiger partial charge on any atom is 0.0935 e. The molecule has 16 heavy (non-hydrogen) atoms. The minimum Gasteiger partial charge on any atom is -0.472 e. The van der Waals surface area contributed by atoms with Gasteiger partial charge in [-0.2, -0.15) is 0 Å². The Morgan fingerprint density at radius 2 is 1.81 bits per heavy atom. The summed E-state index contributed by atoms with van der Waals surface area (Å²) in [5, 5.41) is 0. The number of furan rings is 1. The van der Waals surface area contributed by atoms with Crippen LogP contribution in [0.5, 0.6) is 0 Å². The Balaban J connectivity index is 1.96. The molecule has 0 spiro atoms. The number of nitrogens with two attached hydrogens (primary N) is 1. The third-order valence-corrected chi connectivity index (χ3v) is 2.62. The van der Waals surface area contributed by atoms with Crippen molar-refractivity contribution < 1.29 is 4.42 Å². The Kier molecular flexibility index (Phi) is 3.75. The fourth-order valence-corrected chi connectivity index (χ4v) is 1.78. The molecule has 1 aromatic heterocycles. The summed E-state index contributed by atoms with van der Waals surface area (Å²) in [4.78, 5) is 0. The summed E-state index contributed by atoms with van der Waals surface area (Å²) in [6.45, 7) is 0. The van der Waals surface area contributed by atoms with Gasteiger partial charge >= 0.3 is 0 Å². The number of rotatable bonds is 5. The normalized spacial score (nSPS) is 12.6. The molecule has 0 bridgehead atoms. The summed E-state index contributed by atoms with van der Waals surface area (Å²) in [5.41, 5.74) is 5.30. The molecular weight excluding hydrogens is 200 g/mol. The van der Waals surface area contributed by atoms with E-state index in [1.165, 1.54) is 11.1 Å². The Hall–Kier alpha value is -1.58. The smallest absolute Gasteiger partial charge is 0.0935 e. The minimum atomic E-state index is 0.236. The van der Waals surface area contributed by atoms with E-state index in [9.17, 15) is 0 Å². The van der Waals surface area contributed by atoms with Crippen LogP contribution in [0, 0.1) is 0 Å². The molecule has 84 valence electrons. The van der Waals surface area contributed by atoms with Gasteiger partial charge in [-0.15, -0.1) is 0 Å². The van der Waals surface area contributed by atoms with Crippen LogP contribution in [-0.4, -0.2) is 6.04 Å². The van der Waals surface area contributed by atoms with Gasteiger partial charge in [0.2, 0.25) is 0 Å². The molecule has 1 aromatic carbocycles. The highest BCUT2D eigenvalue weighted by Gasteiger charge is 2.09. The molecular formula is C13H16N2O.